The molecule has 2 aromatic rings. The molecule has 2 rings (SSSR count). The molecule has 9 nitrogen and oxygen atoms in total. The fourth-order valence-corrected chi connectivity index (χ4v) is 2.26. The van der Waals surface area contributed by atoms with Crippen molar-refractivity contribution in [1.29, 1.82) is 0 Å². The predicted molar refractivity (Wildman–Crippen MR) is 83.8 cm³/mol. The van der Waals surface area contributed by atoms with E-state index >= 15 is 0 Å². The van der Waals surface area contributed by atoms with Crippen molar-refractivity contribution < 1.29 is 19.3 Å². The lowest BCUT2D eigenvalue weighted by atomic mass is 10.2. The Bertz CT molecular complexity index is 746. The Balaban J connectivity index is 2.19. The number of hydrazone groups is 1. The van der Waals surface area contributed by atoms with Crippen LogP contribution in [-0.2, 0) is 0 Å². The number of nitrogen functional groups attached to an aromatic ring is 1. The van der Waals surface area contributed by atoms with Gasteiger partial charge in [0.2, 0.25) is 11.5 Å². The van der Waals surface area contributed by atoms with E-state index in [0.29, 0.717) is 14.5 Å². The van der Waals surface area contributed by atoms with E-state index in [9.17, 15) is 9.90 Å². The highest BCUT2D eigenvalue weighted by atomic mass is 79.9. The summed E-state index contributed by atoms with van der Waals surface area (Å²) in [6, 6.07) is 1.53. The molecule has 1 amide bonds. The number of aromatic hydroxyl groups is 1. The lowest BCUT2D eigenvalue weighted by molar-refractivity contribution is 0.0946. The zero-order valence-electron chi connectivity index (χ0n) is 11.0. The average Bonchev–Trinajstić information content (AvgIpc) is 2.93. The fraction of sp³-hybridized carbons (Fsp3) is 0.0909. The van der Waals surface area contributed by atoms with Crippen molar-refractivity contribution in [2.75, 3.05) is 12.8 Å². The Morgan fingerprint density at radius 2 is 2.23 bits per heavy atom. The van der Waals surface area contributed by atoms with Gasteiger partial charge in [0.15, 0.2) is 11.5 Å². The highest BCUT2D eigenvalue weighted by Crippen LogP contribution is 2.41. The van der Waals surface area contributed by atoms with Crippen molar-refractivity contribution in [3.05, 3.63) is 26.3 Å². The van der Waals surface area contributed by atoms with E-state index in [2.05, 4.69) is 57.3 Å². The minimum absolute atomic E-state index is 0.0583. The summed E-state index contributed by atoms with van der Waals surface area (Å²) in [6.07, 6.45) is 1.35. The van der Waals surface area contributed by atoms with E-state index < -0.39 is 5.91 Å². The van der Waals surface area contributed by atoms with Gasteiger partial charge in [-0.25, -0.2) is 10.1 Å². The van der Waals surface area contributed by atoms with Crippen molar-refractivity contribution in [2.45, 2.75) is 0 Å². The molecule has 0 bridgehead atoms. The molecule has 0 aliphatic heterocycles. The van der Waals surface area contributed by atoms with E-state index in [1.54, 1.807) is 0 Å². The smallest absolute Gasteiger partial charge is 0.297 e. The first kappa shape index (κ1) is 16.2. The zero-order chi connectivity index (χ0) is 16.3. The summed E-state index contributed by atoms with van der Waals surface area (Å²) in [6.45, 7) is 0. The number of methoxy groups -OCH3 is 1. The first-order valence-corrected chi connectivity index (χ1v) is 7.20. The number of phenolic OH excluding ortho intramolecular Hbond substituents is 1. The number of hydrogen-bond acceptors (Lipinski definition) is 8. The summed E-state index contributed by atoms with van der Waals surface area (Å²) in [4.78, 5) is 11.7. The molecule has 4 N–H and O–H groups in total. The second kappa shape index (κ2) is 6.75. The van der Waals surface area contributed by atoms with E-state index in [1.807, 2.05) is 0 Å². The van der Waals surface area contributed by atoms with E-state index in [0.717, 1.165) is 0 Å². The van der Waals surface area contributed by atoms with Gasteiger partial charge in [0.05, 0.1) is 17.8 Å². The number of nitrogens with one attached hydrogen (secondary N) is 1. The molecule has 116 valence electrons. The molecule has 0 spiro atoms. The van der Waals surface area contributed by atoms with E-state index in [1.165, 1.54) is 19.4 Å². The van der Waals surface area contributed by atoms with Gasteiger partial charge in [0.25, 0.3) is 5.91 Å². The maximum atomic E-state index is 11.7. The Kier molecular flexibility index (Phi) is 4.98. The summed E-state index contributed by atoms with van der Waals surface area (Å²) in [5.41, 5.74) is 7.99. The molecule has 0 aliphatic carbocycles. The topological polar surface area (TPSA) is 136 Å². The summed E-state index contributed by atoms with van der Waals surface area (Å²) in [7, 11) is 1.42. The van der Waals surface area contributed by atoms with E-state index in [4.69, 9.17) is 10.5 Å². The molecule has 22 heavy (non-hydrogen) atoms. The number of ether oxygens (including phenoxy) is 1. The number of anilines is 1. The average molecular weight is 435 g/mol. The van der Waals surface area contributed by atoms with Crippen LogP contribution in [-0.4, -0.2) is 34.7 Å². The van der Waals surface area contributed by atoms with Crippen LogP contribution in [0.1, 0.15) is 16.1 Å². The molecule has 0 unspecified atom stereocenters. The van der Waals surface area contributed by atoms with Gasteiger partial charge in [-0.05, 0) is 48.2 Å². The number of nitrogens with zero attached hydrogens (tertiary/aromatic N) is 3. The molecule has 0 aliphatic rings. The van der Waals surface area contributed by atoms with Gasteiger partial charge in [0.1, 0.15) is 0 Å². The van der Waals surface area contributed by atoms with Gasteiger partial charge in [-0.2, -0.15) is 5.10 Å². The van der Waals surface area contributed by atoms with Crippen LogP contribution in [0.3, 0.4) is 0 Å². The van der Waals surface area contributed by atoms with Gasteiger partial charge in [0, 0.05) is 10.0 Å². The number of rotatable bonds is 4. The maximum Gasteiger partial charge on any atom is 0.297 e. The normalized spacial score (nSPS) is 10.9. The number of hydrogen-bond donors (Lipinski definition) is 3. The molecule has 1 heterocycles. The standard InChI is InChI=1S/C11H9Br2N5O4/c1-21-5-2-4(6(12)7(13)9(5)19)3-15-16-11(20)8-10(14)18-22-17-8/h2-3,19H,1H3,(H2,14,18)(H,16,20). The van der Waals surface area contributed by atoms with Crippen LogP contribution in [0.15, 0.2) is 24.7 Å². The third kappa shape index (κ3) is 3.20. The Hall–Kier alpha value is -2.14. The largest absolute Gasteiger partial charge is 0.503 e. The number of carbonyl (C=O) groups excluding carboxylic acids is 1. The van der Waals surface area contributed by atoms with Crippen LogP contribution >= 0.6 is 31.9 Å². The van der Waals surface area contributed by atoms with Gasteiger partial charge < -0.3 is 15.6 Å². The second-order valence-electron chi connectivity index (χ2n) is 3.84. The van der Waals surface area contributed by atoms with Crippen LogP contribution in [0.25, 0.3) is 0 Å². The number of benzene rings is 1. The van der Waals surface area contributed by atoms with Crippen LogP contribution < -0.4 is 15.9 Å². The third-order valence-corrected chi connectivity index (χ3v) is 4.65. The van der Waals surface area contributed by atoms with Gasteiger partial charge in [-0.3, -0.25) is 4.79 Å². The van der Waals surface area contributed by atoms with Crippen LogP contribution in [0.4, 0.5) is 5.82 Å². The molecular formula is C11H9Br2N5O4. The lowest BCUT2D eigenvalue weighted by Crippen LogP contribution is -2.19. The summed E-state index contributed by atoms with van der Waals surface area (Å²) < 4.78 is 10.3. The SMILES string of the molecule is COc1cc(C=NNC(=O)c2nonc2N)c(Br)c(Br)c1O. The highest BCUT2D eigenvalue weighted by Gasteiger charge is 2.16. The molecular weight excluding hydrogens is 426 g/mol. The number of carbonyl (C=O) groups is 1. The van der Waals surface area contributed by atoms with Crippen molar-refractivity contribution in [2.24, 2.45) is 5.10 Å². The Morgan fingerprint density at radius 1 is 1.50 bits per heavy atom. The summed E-state index contributed by atoms with van der Waals surface area (Å²) in [5.74, 6) is -0.622. The van der Waals surface area contributed by atoms with Crippen LogP contribution in [0.5, 0.6) is 11.5 Å². The maximum absolute atomic E-state index is 11.7. The molecule has 0 saturated carbocycles. The first-order valence-electron chi connectivity index (χ1n) is 5.62. The predicted octanol–water partition coefficient (Wildman–Crippen LogP) is 1.65. The highest BCUT2D eigenvalue weighted by molar-refractivity contribution is 9.13. The van der Waals surface area contributed by atoms with Crippen molar-refractivity contribution >= 4 is 49.8 Å². The van der Waals surface area contributed by atoms with Gasteiger partial charge >= 0.3 is 0 Å². The summed E-state index contributed by atoms with van der Waals surface area (Å²) >= 11 is 6.50. The molecule has 0 atom stereocenters. The lowest BCUT2D eigenvalue weighted by Gasteiger charge is -2.09. The van der Waals surface area contributed by atoms with Crippen molar-refractivity contribution in [3.63, 3.8) is 0 Å². The number of phenols is 1. The molecule has 1 aromatic heterocycles. The second-order valence-corrected chi connectivity index (χ2v) is 5.43. The molecule has 0 fully saturated rings. The fourth-order valence-electron chi connectivity index (χ4n) is 1.43. The quantitative estimate of drug-likeness (QED) is 0.491. The minimum atomic E-state index is -0.670. The Morgan fingerprint density at radius 3 is 2.82 bits per heavy atom. The molecule has 1 aromatic carbocycles. The zero-order valence-corrected chi connectivity index (χ0v) is 14.2. The first-order chi connectivity index (χ1) is 10.5. The molecule has 0 radical (unpaired) electrons. The van der Waals surface area contributed by atoms with Crippen LogP contribution in [0.2, 0.25) is 0 Å². The Labute approximate surface area is 140 Å². The number of nitrogens with two attached hydrogens (primary N) is 1. The van der Waals surface area contributed by atoms with Crippen molar-refractivity contribution in [3.8, 4) is 11.5 Å². The number of aromatic nitrogens is 2. The van der Waals surface area contributed by atoms with Gasteiger partial charge in [-0.15, -0.1) is 0 Å². The monoisotopic (exact) mass is 433 g/mol. The molecule has 11 heteroatoms. The minimum Gasteiger partial charge on any atom is -0.503 e. The number of amides is 1. The van der Waals surface area contributed by atoms with Crippen molar-refractivity contribution in [1.82, 2.24) is 15.7 Å². The van der Waals surface area contributed by atoms with E-state index in [-0.39, 0.29) is 23.0 Å². The third-order valence-electron chi connectivity index (χ3n) is 2.49. The van der Waals surface area contributed by atoms with Crippen LogP contribution in [0, 0.1) is 0 Å². The summed E-state index contributed by atoms with van der Waals surface area (Å²) in [5, 5.41) is 20.2. The van der Waals surface area contributed by atoms with Gasteiger partial charge in [-0.1, -0.05) is 0 Å². The molecule has 0 saturated heterocycles. The number of halogens is 2.